The maximum Gasteiger partial charge on any atom is 0.144 e. The van der Waals surface area contributed by atoms with E-state index in [1.165, 1.54) is 6.07 Å². The van der Waals surface area contributed by atoms with Crippen LogP contribution in [0.3, 0.4) is 0 Å². The van der Waals surface area contributed by atoms with Gasteiger partial charge in [0.1, 0.15) is 11.9 Å². The van der Waals surface area contributed by atoms with Crippen LogP contribution in [0.5, 0.6) is 0 Å². The molecule has 0 saturated heterocycles. The molecule has 0 aliphatic carbocycles. The number of rotatable bonds is 1. The standard InChI is InChI=1S/C9H7FN/c1-2-7-4-3-5-8(6-11)9(7)10/h3-5H,1-2H2. The summed E-state index contributed by atoms with van der Waals surface area (Å²) >= 11 is 0. The fourth-order valence-corrected chi connectivity index (χ4v) is 0.859. The zero-order chi connectivity index (χ0) is 8.27. The van der Waals surface area contributed by atoms with Crippen LogP contribution >= 0.6 is 0 Å². The zero-order valence-electron chi connectivity index (χ0n) is 5.97. The molecule has 0 atom stereocenters. The number of nitriles is 1. The molecule has 0 N–H and O–H groups in total. The molecule has 1 aromatic carbocycles. The Labute approximate surface area is 65.1 Å². The van der Waals surface area contributed by atoms with Crippen LogP contribution in [0, 0.1) is 24.1 Å². The van der Waals surface area contributed by atoms with E-state index in [-0.39, 0.29) is 5.56 Å². The van der Waals surface area contributed by atoms with E-state index in [1.54, 1.807) is 18.2 Å². The fraction of sp³-hybridized carbons (Fsp3) is 0.111. The second-order valence-corrected chi connectivity index (χ2v) is 2.14. The van der Waals surface area contributed by atoms with Crippen molar-refractivity contribution in [1.29, 1.82) is 5.26 Å². The van der Waals surface area contributed by atoms with Gasteiger partial charge in [-0.1, -0.05) is 12.1 Å². The van der Waals surface area contributed by atoms with Gasteiger partial charge in [0.15, 0.2) is 0 Å². The van der Waals surface area contributed by atoms with Gasteiger partial charge in [0.05, 0.1) is 5.56 Å². The predicted molar refractivity (Wildman–Crippen MR) is 40.2 cm³/mol. The van der Waals surface area contributed by atoms with Crippen LogP contribution in [0.1, 0.15) is 11.1 Å². The molecule has 0 saturated carbocycles. The maximum atomic E-state index is 13.0. The van der Waals surface area contributed by atoms with Gasteiger partial charge in [0.2, 0.25) is 0 Å². The highest BCUT2D eigenvalue weighted by Crippen LogP contribution is 2.11. The van der Waals surface area contributed by atoms with Crippen molar-refractivity contribution in [3.8, 4) is 6.07 Å². The van der Waals surface area contributed by atoms with E-state index < -0.39 is 5.82 Å². The molecule has 0 amide bonds. The number of benzene rings is 1. The van der Waals surface area contributed by atoms with Gasteiger partial charge in [-0.25, -0.2) is 4.39 Å². The summed E-state index contributed by atoms with van der Waals surface area (Å²) in [6.07, 6.45) is 0.376. The van der Waals surface area contributed by atoms with Crippen molar-refractivity contribution in [2.75, 3.05) is 0 Å². The van der Waals surface area contributed by atoms with Crippen molar-refractivity contribution in [2.45, 2.75) is 6.42 Å². The zero-order valence-corrected chi connectivity index (χ0v) is 5.97. The summed E-state index contributed by atoms with van der Waals surface area (Å²) in [4.78, 5) is 0. The highest BCUT2D eigenvalue weighted by Gasteiger charge is 2.03. The molecule has 11 heavy (non-hydrogen) atoms. The van der Waals surface area contributed by atoms with E-state index in [0.717, 1.165) is 0 Å². The highest BCUT2D eigenvalue weighted by atomic mass is 19.1. The molecule has 0 aromatic heterocycles. The molecule has 1 aromatic rings. The molecular weight excluding hydrogens is 141 g/mol. The Balaban J connectivity index is 3.23. The number of nitrogens with zero attached hydrogens (tertiary/aromatic N) is 1. The average molecular weight is 148 g/mol. The lowest BCUT2D eigenvalue weighted by atomic mass is 10.1. The third kappa shape index (κ3) is 1.38. The Hall–Kier alpha value is -1.36. The van der Waals surface area contributed by atoms with E-state index >= 15 is 0 Å². The van der Waals surface area contributed by atoms with Gasteiger partial charge in [0.25, 0.3) is 0 Å². The lowest BCUT2D eigenvalue weighted by molar-refractivity contribution is 0.611. The summed E-state index contributed by atoms with van der Waals surface area (Å²) in [5.74, 6) is -0.440. The first-order chi connectivity index (χ1) is 5.29. The minimum Gasteiger partial charge on any atom is -0.205 e. The van der Waals surface area contributed by atoms with Crippen molar-refractivity contribution < 1.29 is 4.39 Å². The van der Waals surface area contributed by atoms with Crippen LogP contribution in [-0.4, -0.2) is 0 Å². The largest absolute Gasteiger partial charge is 0.205 e. The topological polar surface area (TPSA) is 23.8 Å². The molecule has 1 rings (SSSR count). The Bertz CT molecular complexity index is 299. The van der Waals surface area contributed by atoms with E-state index in [0.29, 0.717) is 12.0 Å². The van der Waals surface area contributed by atoms with E-state index in [2.05, 4.69) is 6.92 Å². The molecule has 0 spiro atoms. The fourth-order valence-electron chi connectivity index (χ4n) is 0.859. The summed E-state index contributed by atoms with van der Waals surface area (Å²) < 4.78 is 13.0. The normalized spacial score (nSPS) is 9.18. The van der Waals surface area contributed by atoms with Gasteiger partial charge in [-0.05, 0) is 25.0 Å². The molecule has 1 radical (unpaired) electrons. The molecule has 0 fully saturated rings. The second kappa shape index (κ2) is 3.16. The molecule has 2 heteroatoms. The lowest BCUT2D eigenvalue weighted by Crippen LogP contribution is -1.90. The second-order valence-electron chi connectivity index (χ2n) is 2.14. The van der Waals surface area contributed by atoms with Gasteiger partial charge in [-0.3, -0.25) is 0 Å². The van der Waals surface area contributed by atoms with E-state index in [9.17, 15) is 4.39 Å². The van der Waals surface area contributed by atoms with Gasteiger partial charge in [-0.2, -0.15) is 5.26 Å². The molecule has 0 heterocycles. The molecular formula is C9H7FN. The summed E-state index contributed by atoms with van der Waals surface area (Å²) in [6, 6.07) is 6.50. The van der Waals surface area contributed by atoms with Gasteiger partial charge >= 0.3 is 0 Å². The summed E-state index contributed by atoms with van der Waals surface area (Å²) in [7, 11) is 0. The van der Waals surface area contributed by atoms with Crippen LogP contribution in [-0.2, 0) is 6.42 Å². The first kappa shape index (κ1) is 7.74. The molecule has 55 valence electrons. The van der Waals surface area contributed by atoms with Gasteiger partial charge < -0.3 is 0 Å². The highest BCUT2D eigenvalue weighted by molar-refractivity contribution is 5.35. The van der Waals surface area contributed by atoms with Crippen LogP contribution in [0.4, 0.5) is 4.39 Å². The Morgan fingerprint density at radius 2 is 2.27 bits per heavy atom. The van der Waals surface area contributed by atoms with Crippen molar-refractivity contribution in [2.24, 2.45) is 0 Å². The van der Waals surface area contributed by atoms with Crippen molar-refractivity contribution >= 4 is 0 Å². The minimum absolute atomic E-state index is 0.0890. The SMILES string of the molecule is [CH2]Cc1cccc(C#N)c1F. The van der Waals surface area contributed by atoms with Crippen LogP contribution in [0.15, 0.2) is 18.2 Å². The van der Waals surface area contributed by atoms with E-state index in [1.807, 2.05) is 0 Å². The quantitative estimate of drug-likeness (QED) is 0.598. The molecule has 0 unspecified atom stereocenters. The predicted octanol–water partition coefficient (Wildman–Crippen LogP) is 2.07. The van der Waals surface area contributed by atoms with Crippen molar-refractivity contribution in [3.05, 3.63) is 42.1 Å². The summed E-state index contributed by atoms with van der Waals surface area (Å²) in [5.41, 5.74) is 0.579. The van der Waals surface area contributed by atoms with Crippen LogP contribution in [0.25, 0.3) is 0 Å². The molecule has 1 nitrogen and oxygen atoms in total. The maximum absolute atomic E-state index is 13.0. The van der Waals surface area contributed by atoms with Crippen molar-refractivity contribution in [1.82, 2.24) is 0 Å². The molecule has 0 bridgehead atoms. The molecule has 0 aliphatic rings. The molecule has 0 aliphatic heterocycles. The van der Waals surface area contributed by atoms with Crippen LogP contribution in [0.2, 0.25) is 0 Å². The average Bonchev–Trinajstić information content (AvgIpc) is 2.05. The van der Waals surface area contributed by atoms with Crippen molar-refractivity contribution in [3.63, 3.8) is 0 Å². The minimum atomic E-state index is -0.440. The lowest BCUT2D eigenvalue weighted by Gasteiger charge is -1.98. The van der Waals surface area contributed by atoms with Gasteiger partial charge in [-0.15, -0.1) is 0 Å². The van der Waals surface area contributed by atoms with Gasteiger partial charge in [0, 0.05) is 0 Å². The Morgan fingerprint density at radius 1 is 1.55 bits per heavy atom. The van der Waals surface area contributed by atoms with E-state index in [4.69, 9.17) is 5.26 Å². The third-order valence-corrected chi connectivity index (χ3v) is 1.47. The summed E-state index contributed by atoms with van der Waals surface area (Å²) in [5, 5.41) is 8.43. The smallest absolute Gasteiger partial charge is 0.144 e. The monoisotopic (exact) mass is 148 g/mol. The number of hydrogen-bond donors (Lipinski definition) is 0. The number of halogens is 1. The Morgan fingerprint density at radius 3 is 2.82 bits per heavy atom. The van der Waals surface area contributed by atoms with Crippen LogP contribution < -0.4 is 0 Å². The number of hydrogen-bond acceptors (Lipinski definition) is 1. The third-order valence-electron chi connectivity index (χ3n) is 1.47. The first-order valence-corrected chi connectivity index (χ1v) is 3.26. The Kier molecular flexibility index (Phi) is 2.22. The summed E-state index contributed by atoms with van der Waals surface area (Å²) in [6.45, 7) is 3.54. The first-order valence-electron chi connectivity index (χ1n) is 3.26.